The summed E-state index contributed by atoms with van der Waals surface area (Å²) < 4.78 is 0. The van der Waals surface area contributed by atoms with Gasteiger partial charge < -0.3 is 14.9 Å². The Hall–Kier alpha value is -3.34. The second kappa shape index (κ2) is 7.82. The van der Waals surface area contributed by atoms with Crippen LogP contribution >= 0.6 is 0 Å². The molecule has 0 aliphatic carbocycles. The van der Waals surface area contributed by atoms with Crippen LogP contribution in [0.3, 0.4) is 0 Å². The second-order valence-corrected chi connectivity index (χ2v) is 7.99. The molecule has 30 heavy (non-hydrogen) atoms. The van der Waals surface area contributed by atoms with Gasteiger partial charge in [0, 0.05) is 36.5 Å². The molecule has 0 radical (unpaired) electrons. The Morgan fingerprint density at radius 1 is 0.900 bits per heavy atom. The standard InChI is InChI=1S/C25H26N4O/c1-18(19-9-4-2-5-10-19)29-16-13-22-23(20-11-8-12-21(30)17-20)26-25(27-24(22)29)28-14-6-3-7-15-28/h2,4-5,8-12,17,30H,1,3,6-7,13-16H2. The first-order chi connectivity index (χ1) is 14.7. The van der Waals surface area contributed by atoms with Crippen molar-refractivity contribution >= 4 is 17.5 Å². The number of aromatic nitrogens is 2. The van der Waals surface area contributed by atoms with Gasteiger partial charge in [-0.1, -0.05) is 49.0 Å². The van der Waals surface area contributed by atoms with Crippen molar-refractivity contribution in [3.63, 3.8) is 0 Å². The van der Waals surface area contributed by atoms with E-state index in [4.69, 9.17) is 9.97 Å². The number of nitrogens with zero attached hydrogens (tertiary/aromatic N) is 4. The number of anilines is 2. The van der Waals surface area contributed by atoms with Crippen LogP contribution < -0.4 is 9.80 Å². The number of rotatable bonds is 4. The topological polar surface area (TPSA) is 52.5 Å². The fourth-order valence-electron chi connectivity index (χ4n) is 4.42. The molecular formula is C25H26N4O. The van der Waals surface area contributed by atoms with Gasteiger partial charge in [0.05, 0.1) is 5.69 Å². The summed E-state index contributed by atoms with van der Waals surface area (Å²) in [4.78, 5) is 14.5. The highest BCUT2D eigenvalue weighted by atomic mass is 16.3. The Kier molecular flexibility index (Phi) is 4.87. The summed E-state index contributed by atoms with van der Waals surface area (Å²) >= 11 is 0. The van der Waals surface area contributed by atoms with E-state index in [-0.39, 0.29) is 5.75 Å². The molecule has 0 amide bonds. The molecule has 0 atom stereocenters. The molecule has 0 unspecified atom stereocenters. The Bertz CT molecular complexity index is 1070. The molecule has 5 rings (SSSR count). The first kappa shape index (κ1) is 18.7. The average Bonchev–Trinajstić information content (AvgIpc) is 3.23. The first-order valence-electron chi connectivity index (χ1n) is 10.7. The van der Waals surface area contributed by atoms with E-state index in [9.17, 15) is 5.11 Å². The number of phenols is 1. The number of hydrogen-bond donors (Lipinski definition) is 1. The van der Waals surface area contributed by atoms with Gasteiger partial charge in [0.1, 0.15) is 11.6 Å². The molecule has 0 spiro atoms. The average molecular weight is 399 g/mol. The Morgan fingerprint density at radius 3 is 2.47 bits per heavy atom. The van der Waals surface area contributed by atoms with Crippen molar-refractivity contribution in [3.8, 4) is 17.0 Å². The second-order valence-electron chi connectivity index (χ2n) is 7.99. The van der Waals surface area contributed by atoms with E-state index in [2.05, 4.69) is 28.5 Å². The normalized spacial score (nSPS) is 15.9. The van der Waals surface area contributed by atoms with Gasteiger partial charge in [-0.15, -0.1) is 0 Å². The van der Waals surface area contributed by atoms with Crippen molar-refractivity contribution in [2.45, 2.75) is 25.7 Å². The molecule has 3 aromatic rings. The predicted molar refractivity (Wildman–Crippen MR) is 122 cm³/mol. The molecule has 0 saturated carbocycles. The molecule has 152 valence electrons. The fourth-order valence-corrected chi connectivity index (χ4v) is 4.42. The van der Waals surface area contributed by atoms with Crippen molar-refractivity contribution in [2.75, 3.05) is 29.4 Å². The predicted octanol–water partition coefficient (Wildman–Crippen LogP) is 4.87. The van der Waals surface area contributed by atoms with Crippen LogP contribution in [0.5, 0.6) is 5.75 Å². The maximum Gasteiger partial charge on any atom is 0.227 e. The minimum atomic E-state index is 0.253. The van der Waals surface area contributed by atoms with Crippen molar-refractivity contribution < 1.29 is 5.11 Å². The molecule has 1 aromatic heterocycles. The smallest absolute Gasteiger partial charge is 0.227 e. The molecule has 3 heterocycles. The third kappa shape index (κ3) is 3.41. The third-order valence-corrected chi connectivity index (χ3v) is 6.01. The van der Waals surface area contributed by atoms with Gasteiger partial charge in [-0.3, -0.25) is 0 Å². The molecule has 5 nitrogen and oxygen atoms in total. The number of fused-ring (bicyclic) bond motifs is 1. The highest BCUT2D eigenvalue weighted by molar-refractivity contribution is 5.83. The lowest BCUT2D eigenvalue weighted by Crippen LogP contribution is -2.31. The van der Waals surface area contributed by atoms with Crippen LogP contribution in [0.4, 0.5) is 11.8 Å². The molecular weight excluding hydrogens is 372 g/mol. The van der Waals surface area contributed by atoms with Gasteiger partial charge in [0.25, 0.3) is 0 Å². The molecule has 1 fully saturated rings. The summed E-state index contributed by atoms with van der Waals surface area (Å²) in [5.41, 5.74) is 5.03. The lowest BCUT2D eigenvalue weighted by Gasteiger charge is -2.29. The number of benzene rings is 2. The van der Waals surface area contributed by atoms with Gasteiger partial charge in [-0.25, -0.2) is 4.98 Å². The van der Waals surface area contributed by atoms with Crippen LogP contribution in [-0.4, -0.2) is 34.7 Å². The van der Waals surface area contributed by atoms with Gasteiger partial charge in [0.15, 0.2) is 0 Å². The maximum absolute atomic E-state index is 10.1. The summed E-state index contributed by atoms with van der Waals surface area (Å²) in [5, 5.41) is 10.1. The van der Waals surface area contributed by atoms with Gasteiger partial charge >= 0.3 is 0 Å². The van der Waals surface area contributed by atoms with Crippen molar-refractivity contribution in [1.82, 2.24) is 9.97 Å². The van der Waals surface area contributed by atoms with Crippen LogP contribution in [0.1, 0.15) is 30.4 Å². The maximum atomic E-state index is 10.1. The zero-order valence-electron chi connectivity index (χ0n) is 17.1. The summed E-state index contributed by atoms with van der Waals surface area (Å²) in [5.74, 6) is 1.97. The third-order valence-electron chi connectivity index (χ3n) is 6.01. The minimum absolute atomic E-state index is 0.253. The van der Waals surface area contributed by atoms with Crippen molar-refractivity contribution in [3.05, 3.63) is 72.3 Å². The van der Waals surface area contributed by atoms with E-state index < -0.39 is 0 Å². The molecule has 0 bridgehead atoms. The first-order valence-corrected chi connectivity index (χ1v) is 10.7. The minimum Gasteiger partial charge on any atom is -0.508 e. The molecule has 2 aromatic carbocycles. The summed E-state index contributed by atoms with van der Waals surface area (Å²) in [6, 6.07) is 17.6. The molecule has 1 N–H and O–H groups in total. The number of hydrogen-bond acceptors (Lipinski definition) is 5. The van der Waals surface area contributed by atoms with Crippen LogP contribution in [0.25, 0.3) is 17.0 Å². The van der Waals surface area contributed by atoms with E-state index >= 15 is 0 Å². The number of aromatic hydroxyl groups is 1. The highest BCUT2D eigenvalue weighted by Crippen LogP contribution is 2.39. The van der Waals surface area contributed by atoms with E-state index in [1.807, 2.05) is 30.3 Å². The van der Waals surface area contributed by atoms with Crippen LogP contribution in [-0.2, 0) is 6.42 Å². The summed E-state index contributed by atoms with van der Waals surface area (Å²) in [6.07, 6.45) is 4.45. The van der Waals surface area contributed by atoms with Crippen LogP contribution in [0.2, 0.25) is 0 Å². The summed E-state index contributed by atoms with van der Waals surface area (Å²) in [7, 11) is 0. The lowest BCUT2D eigenvalue weighted by atomic mass is 10.1. The van der Waals surface area contributed by atoms with E-state index in [1.165, 1.54) is 19.3 Å². The largest absolute Gasteiger partial charge is 0.508 e. The number of phenolic OH excluding ortho intramolecular Hbond substituents is 1. The summed E-state index contributed by atoms with van der Waals surface area (Å²) in [6.45, 7) is 7.17. The van der Waals surface area contributed by atoms with E-state index in [0.717, 1.165) is 65.9 Å². The lowest BCUT2D eigenvalue weighted by molar-refractivity contribution is 0.475. The van der Waals surface area contributed by atoms with E-state index in [0.29, 0.717) is 0 Å². The SMILES string of the molecule is C=C(c1ccccc1)N1CCc2c(-c3cccc(O)c3)nc(N3CCCCC3)nc21. The van der Waals surface area contributed by atoms with Gasteiger partial charge in [0.2, 0.25) is 5.95 Å². The van der Waals surface area contributed by atoms with Gasteiger partial charge in [-0.2, -0.15) is 4.98 Å². The van der Waals surface area contributed by atoms with E-state index in [1.54, 1.807) is 12.1 Å². The molecule has 2 aliphatic heterocycles. The molecule has 2 aliphatic rings. The Labute approximate surface area is 177 Å². The van der Waals surface area contributed by atoms with Crippen LogP contribution in [0.15, 0.2) is 61.2 Å². The zero-order chi connectivity index (χ0) is 20.5. The number of piperidine rings is 1. The Morgan fingerprint density at radius 2 is 1.70 bits per heavy atom. The van der Waals surface area contributed by atoms with Crippen molar-refractivity contribution in [2.24, 2.45) is 0 Å². The quantitative estimate of drug-likeness (QED) is 0.679. The monoisotopic (exact) mass is 398 g/mol. The highest BCUT2D eigenvalue weighted by Gasteiger charge is 2.29. The van der Waals surface area contributed by atoms with Crippen molar-refractivity contribution in [1.29, 1.82) is 0 Å². The van der Waals surface area contributed by atoms with Gasteiger partial charge in [-0.05, 0) is 43.4 Å². The van der Waals surface area contributed by atoms with Crippen LogP contribution in [0, 0.1) is 0 Å². The fraction of sp³-hybridized carbons (Fsp3) is 0.280. The molecule has 5 heteroatoms. The molecule has 1 saturated heterocycles. The Balaban J connectivity index is 1.62. The zero-order valence-corrected chi connectivity index (χ0v) is 17.1.